The molecule has 3 heterocycles. The van der Waals surface area contributed by atoms with Crippen LogP contribution in [0.15, 0.2) is 16.5 Å². The van der Waals surface area contributed by atoms with E-state index in [2.05, 4.69) is 15.5 Å². The molecule has 0 saturated heterocycles. The molecule has 1 amide bonds. The zero-order valence-corrected chi connectivity index (χ0v) is 12.1. The number of furan rings is 1. The fourth-order valence-electron chi connectivity index (χ4n) is 2.29. The number of carbonyl (C=O) groups excluding carboxylic acids is 1. The molecule has 1 aliphatic rings. The van der Waals surface area contributed by atoms with Gasteiger partial charge in [0.2, 0.25) is 0 Å². The van der Waals surface area contributed by atoms with Crippen molar-refractivity contribution >= 4 is 5.91 Å². The van der Waals surface area contributed by atoms with Crippen LogP contribution in [-0.4, -0.2) is 46.2 Å². The molecule has 1 N–H and O–H groups in total. The number of nitrogens with one attached hydrogen (secondary N) is 1. The maximum atomic E-state index is 14.1. The molecule has 0 saturated carbocycles. The van der Waals surface area contributed by atoms with Gasteiger partial charge in [-0.25, -0.2) is 0 Å². The number of likely N-dealkylation sites (N-methyl/N-ethyl adjacent to an activating group) is 1. The molecule has 0 aliphatic carbocycles. The van der Waals surface area contributed by atoms with Gasteiger partial charge in [0, 0.05) is 27.2 Å². The molecule has 2 aromatic heterocycles. The van der Waals surface area contributed by atoms with E-state index in [9.17, 15) is 13.6 Å². The summed E-state index contributed by atoms with van der Waals surface area (Å²) >= 11 is 0. The Hall–Kier alpha value is -2.29. The van der Waals surface area contributed by atoms with Crippen LogP contribution < -0.4 is 5.32 Å². The fourth-order valence-corrected chi connectivity index (χ4v) is 2.29. The Bertz CT molecular complexity index is 707. The monoisotopic (exact) mass is 311 g/mol. The molecule has 7 nitrogen and oxygen atoms in total. The number of hydrogen-bond acceptors (Lipinski definition) is 5. The fraction of sp³-hybridized carbons (Fsp3) is 0.462. The Morgan fingerprint density at radius 3 is 2.91 bits per heavy atom. The van der Waals surface area contributed by atoms with Crippen LogP contribution in [0.1, 0.15) is 11.6 Å². The van der Waals surface area contributed by atoms with Crippen molar-refractivity contribution in [3.8, 4) is 11.6 Å². The van der Waals surface area contributed by atoms with Gasteiger partial charge in [-0.3, -0.25) is 4.79 Å². The Balaban J connectivity index is 1.94. The summed E-state index contributed by atoms with van der Waals surface area (Å²) in [6, 6.07) is 2.48. The van der Waals surface area contributed by atoms with Gasteiger partial charge in [0.15, 0.2) is 17.3 Å². The molecule has 0 aromatic carbocycles. The van der Waals surface area contributed by atoms with Gasteiger partial charge in [-0.05, 0) is 12.1 Å². The first-order chi connectivity index (χ1) is 10.4. The molecule has 0 radical (unpaired) electrons. The van der Waals surface area contributed by atoms with Crippen LogP contribution in [-0.2, 0) is 23.8 Å². The lowest BCUT2D eigenvalue weighted by Gasteiger charge is -2.18. The first-order valence-electron chi connectivity index (χ1n) is 6.74. The third-order valence-electron chi connectivity index (χ3n) is 3.43. The molecule has 1 aliphatic heterocycles. The second-order valence-corrected chi connectivity index (χ2v) is 5.21. The highest BCUT2D eigenvalue weighted by Crippen LogP contribution is 2.33. The first-order valence-corrected chi connectivity index (χ1v) is 6.74. The lowest BCUT2D eigenvalue weighted by Crippen LogP contribution is -2.36. The first kappa shape index (κ1) is 14.6. The minimum atomic E-state index is -3.71. The number of aromatic nitrogens is 3. The quantitative estimate of drug-likeness (QED) is 0.908. The summed E-state index contributed by atoms with van der Waals surface area (Å²) < 4.78 is 35.1. The van der Waals surface area contributed by atoms with Gasteiger partial charge in [0.05, 0.1) is 6.54 Å². The van der Waals surface area contributed by atoms with Crippen LogP contribution in [0, 0.1) is 0 Å². The van der Waals surface area contributed by atoms with E-state index in [0.29, 0.717) is 18.9 Å². The molecule has 0 unspecified atom stereocenters. The predicted molar refractivity (Wildman–Crippen MR) is 72.0 cm³/mol. The minimum Gasteiger partial charge on any atom is -0.451 e. The van der Waals surface area contributed by atoms with Gasteiger partial charge in [-0.2, -0.15) is 8.78 Å². The Morgan fingerprint density at radius 1 is 1.41 bits per heavy atom. The van der Waals surface area contributed by atoms with Crippen molar-refractivity contribution in [2.24, 2.45) is 0 Å². The van der Waals surface area contributed by atoms with Crippen LogP contribution >= 0.6 is 0 Å². The third kappa shape index (κ3) is 2.27. The zero-order valence-electron chi connectivity index (χ0n) is 12.1. The van der Waals surface area contributed by atoms with E-state index in [1.54, 1.807) is 0 Å². The maximum absolute atomic E-state index is 14.1. The molecular formula is C13H15F2N5O2. The molecule has 118 valence electrons. The number of fused-ring (bicyclic) bond motifs is 1. The summed E-state index contributed by atoms with van der Waals surface area (Å²) in [5.74, 6) is -4.48. The number of amides is 1. The molecular weight excluding hydrogens is 296 g/mol. The van der Waals surface area contributed by atoms with Crippen molar-refractivity contribution in [3.63, 3.8) is 0 Å². The standard InChI is InChI=1S/C13H15F2N5O2/c1-19(2)12(21)13(14,15)9-4-3-8(22-9)11-18-17-10-7-16-5-6-20(10)11/h3-4,16H,5-7H2,1-2H3. The van der Waals surface area contributed by atoms with E-state index in [0.717, 1.165) is 23.3 Å². The SMILES string of the molecule is CN(C)C(=O)C(F)(F)c1ccc(-c2nnc3n2CCNC3)o1. The third-order valence-corrected chi connectivity index (χ3v) is 3.43. The lowest BCUT2D eigenvalue weighted by molar-refractivity contribution is -0.158. The van der Waals surface area contributed by atoms with E-state index < -0.39 is 17.6 Å². The summed E-state index contributed by atoms with van der Waals surface area (Å²) in [6.45, 7) is 1.93. The van der Waals surface area contributed by atoms with Crippen molar-refractivity contribution in [1.29, 1.82) is 0 Å². The van der Waals surface area contributed by atoms with Crippen LogP contribution in [0.25, 0.3) is 11.6 Å². The van der Waals surface area contributed by atoms with Crippen molar-refractivity contribution < 1.29 is 18.0 Å². The summed E-state index contributed by atoms with van der Waals surface area (Å²) in [7, 11) is 2.53. The van der Waals surface area contributed by atoms with Crippen molar-refractivity contribution in [1.82, 2.24) is 25.0 Å². The van der Waals surface area contributed by atoms with Crippen LogP contribution in [0.5, 0.6) is 0 Å². The normalized spacial score (nSPS) is 14.7. The molecule has 9 heteroatoms. The zero-order chi connectivity index (χ0) is 15.9. The number of alkyl halides is 2. The maximum Gasteiger partial charge on any atom is 0.381 e. The molecule has 3 rings (SSSR count). The Labute approximate surface area is 124 Å². The number of hydrogen-bond donors (Lipinski definition) is 1. The Kier molecular flexibility index (Phi) is 3.44. The van der Waals surface area contributed by atoms with E-state index in [1.165, 1.54) is 20.2 Å². The van der Waals surface area contributed by atoms with Crippen molar-refractivity contribution in [2.75, 3.05) is 20.6 Å². The molecule has 22 heavy (non-hydrogen) atoms. The summed E-state index contributed by atoms with van der Waals surface area (Å²) in [5.41, 5.74) is 0. The van der Waals surface area contributed by atoms with E-state index in [1.807, 2.05) is 4.57 Å². The average molecular weight is 311 g/mol. The summed E-state index contributed by atoms with van der Waals surface area (Å²) in [4.78, 5) is 12.4. The van der Waals surface area contributed by atoms with Crippen molar-refractivity contribution in [3.05, 3.63) is 23.7 Å². The predicted octanol–water partition coefficient (Wildman–Crippen LogP) is 0.821. The van der Waals surface area contributed by atoms with Gasteiger partial charge in [0.1, 0.15) is 5.82 Å². The van der Waals surface area contributed by atoms with Gasteiger partial charge in [0.25, 0.3) is 0 Å². The largest absolute Gasteiger partial charge is 0.451 e. The highest BCUT2D eigenvalue weighted by Gasteiger charge is 2.45. The van der Waals surface area contributed by atoms with E-state index in [4.69, 9.17) is 4.42 Å². The molecule has 0 fully saturated rings. The number of rotatable bonds is 3. The molecule has 2 aromatic rings. The number of halogens is 2. The summed E-state index contributed by atoms with van der Waals surface area (Å²) in [6.07, 6.45) is 0. The topological polar surface area (TPSA) is 76.2 Å². The number of carbonyl (C=O) groups is 1. The smallest absolute Gasteiger partial charge is 0.381 e. The van der Waals surface area contributed by atoms with Crippen molar-refractivity contribution in [2.45, 2.75) is 19.0 Å². The average Bonchev–Trinajstić information content (AvgIpc) is 3.12. The molecule has 0 bridgehead atoms. The van der Waals surface area contributed by atoms with E-state index in [-0.39, 0.29) is 5.76 Å². The van der Waals surface area contributed by atoms with Crippen LogP contribution in [0.3, 0.4) is 0 Å². The van der Waals surface area contributed by atoms with Crippen LogP contribution in [0.4, 0.5) is 8.78 Å². The lowest BCUT2D eigenvalue weighted by atomic mass is 10.2. The second-order valence-electron chi connectivity index (χ2n) is 5.21. The van der Waals surface area contributed by atoms with Crippen LogP contribution in [0.2, 0.25) is 0 Å². The number of nitrogens with zero attached hydrogens (tertiary/aromatic N) is 4. The highest BCUT2D eigenvalue weighted by molar-refractivity contribution is 5.83. The molecule has 0 spiro atoms. The van der Waals surface area contributed by atoms with Gasteiger partial charge < -0.3 is 19.2 Å². The second kappa shape index (κ2) is 5.16. The van der Waals surface area contributed by atoms with Gasteiger partial charge >= 0.3 is 11.8 Å². The summed E-state index contributed by atoms with van der Waals surface area (Å²) in [5, 5.41) is 11.1. The highest BCUT2D eigenvalue weighted by atomic mass is 19.3. The molecule has 0 atom stereocenters. The minimum absolute atomic E-state index is 0.168. The van der Waals surface area contributed by atoms with E-state index >= 15 is 0 Å². The van der Waals surface area contributed by atoms with Gasteiger partial charge in [-0.1, -0.05) is 0 Å². The van der Waals surface area contributed by atoms with Gasteiger partial charge in [-0.15, -0.1) is 10.2 Å². The Morgan fingerprint density at radius 2 is 2.18 bits per heavy atom.